The number of nitrogens with zero attached hydrogens (tertiary/aromatic N) is 3. The molecule has 0 amide bonds. The molecular formula is C13H20N4S. The average molecular weight is 264 g/mol. The van der Waals surface area contributed by atoms with Crippen LogP contribution in [-0.2, 0) is 5.75 Å². The zero-order valence-corrected chi connectivity index (χ0v) is 12.2. The second kappa shape index (κ2) is 4.90. The van der Waals surface area contributed by atoms with E-state index in [9.17, 15) is 0 Å². The Bertz CT molecular complexity index is 554. The Morgan fingerprint density at radius 2 is 2.06 bits per heavy atom. The van der Waals surface area contributed by atoms with Crippen molar-refractivity contribution in [3.05, 3.63) is 29.3 Å². The van der Waals surface area contributed by atoms with Crippen molar-refractivity contribution in [2.75, 3.05) is 5.75 Å². The van der Waals surface area contributed by atoms with Crippen molar-refractivity contribution in [3.63, 3.8) is 0 Å². The number of hydrogen-bond acceptors (Lipinski definition) is 4. The lowest BCUT2D eigenvalue weighted by Gasteiger charge is -2.16. The molecule has 0 radical (unpaired) electrons. The Morgan fingerprint density at radius 3 is 2.72 bits per heavy atom. The highest BCUT2D eigenvalue weighted by atomic mass is 32.2. The molecule has 0 fully saturated rings. The highest BCUT2D eigenvalue weighted by Crippen LogP contribution is 2.17. The third kappa shape index (κ3) is 3.23. The summed E-state index contributed by atoms with van der Waals surface area (Å²) in [7, 11) is 0. The van der Waals surface area contributed by atoms with E-state index in [1.165, 1.54) is 5.69 Å². The summed E-state index contributed by atoms with van der Waals surface area (Å²) < 4.78 is 2.04. The number of imidazole rings is 1. The van der Waals surface area contributed by atoms with Gasteiger partial charge in [-0.25, -0.2) is 9.97 Å². The van der Waals surface area contributed by atoms with Gasteiger partial charge in [-0.05, 0) is 33.8 Å². The van der Waals surface area contributed by atoms with Gasteiger partial charge in [0.2, 0.25) is 5.78 Å². The van der Waals surface area contributed by atoms with Gasteiger partial charge in [0.15, 0.2) is 0 Å². The van der Waals surface area contributed by atoms with Gasteiger partial charge in [-0.2, -0.15) is 11.8 Å². The molecule has 2 N–H and O–H groups in total. The fourth-order valence-corrected chi connectivity index (χ4v) is 2.78. The van der Waals surface area contributed by atoms with Crippen molar-refractivity contribution in [1.82, 2.24) is 14.4 Å². The van der Waals surface area contributed by atoms with Gasteiger partial charge in [0.1, 0.15) is 0 Å². The van der Waals surface area contributed by atoms with Crippen molar-refractivity contribution >= 4 is 17.5 Å². The minimum atomic E-state index is -0.130. The second-order valence-electron chi connectivity index (χ2n) is 5.42. The largest absolute Gasteiger partial charge is 0.325 e. The highest BCUT2D eigenvalue weighted by Gasteiger charge is 2.11. The van der Waals surface area contributed by atoms with E-state index >= 15 is 0 Å². The number of fused-ring (bicyclic) bond motifs is 1. The molecule has 0 saturated carbocycles. The van der Waals surface area contributed by atoms with Crippen LogP contribution in [0.2, 0.25) is 0 Å². The van der Waals surface area contributed by atoms with Gasteiger partial charge in [-0.3, -0.25) is 4.40 Å². The first-order valence-corrected chi connectivity index (χ1v) is 7.19. The van der Waals surface area contributed by atoms with Crippen LogP contribution in [0.4, 0.5) is 0 Å². The molecule has 0 aliphatic carbocycles. The van der Waals surface area contributed by atoms with Crippen LogP contribution in [0.1, 0.15) is 30.9 Å². The van der Waals surface area contributed by atoms with Gasteiger partial charge in [0, 0.05) is 34.6 Å². The molecule has 0 atom stereocenters. The Labute approximate surface area is 112 Å². The monoisotopic (exact) mass is 264 g/mol. The van der Waals surface area contributed by atoms with E-state index in [0.29, 0.717) is 0 Å². The highest BCUT2D eigenvalue weighted by molar-refractivity contribution is 7.98. The maximum absolute atomic E-state index is 5.96. The van der Waals surface area contributed by atoms with E-state index in [4.69, 9.17) is 5.73 Å². The first-order chi connectivity index (χ1) is 8.35. The summed E-state index contributed by atoms with van der Waals surface area (Å²) in [4.78, 5) is 8.98. The van der Waals surface area contributed by atoms with Crippen LogP contribution >= 0.6 is 11.8 Å². The topological polar surface area (TPSA) is 56.2 Å². The molecular weight excluding hydrogens is 244 g/mol. The first-order valence-electron chi connectivity index (χ1n) is 6.04. The summed E-state index contributed by atoms with van der Waals surface area (Å²) in [6, 6.07) is 2.06. The van der Waals surface area contributed by atoms with Crippen molar-refractivity contribution in [2.45, 2.75) is 39.0 Å². The zero-order valence-electron chi connectivity index (χ0n) is 11.4. The quantitative estimate of drug-likeness (QED) is 0.920. The Balaban J connectivity index is 2.13. The molecule has 2 aromatic heterocycles. The van der Waals surface area contributed by atoms with Crippen LogP contribution in [0.5, 0.6) is 0 Å². The normalized spacial score (nSPS) is 12.3. The molecule has 0 aliphatic rings. The number of nitrogens with two attached hydrogens (primary N) is 1. The smallest absolute Gasteiger partial charge is 0.234 e. The van der Waals surface area contributed by atoms with Gasteiger partial charge < -0.3 is 5.73 Å². The van der Waals surface area contributed by atoms with E-state index < -0.39 is 0 Å². The molecule has 0 spiro atoms. The Morgan fingerprint density at radius 1 is 1.33 bits per heavy atom. The van der Waals surface area contributed by atoms with Gasteiger partial charge in [0.05, 0.1) is 5.69 Å². The standard InChI is InChI=1S/C13H20N4S/c1-9-5-10(2)17-6-11(16-12(17)15-9)7-18-8-13(3,4)14/h5-6H,7-8,14H2,1-4H3. The summed E-state index contributed by atoms with van der Waals surface area (Å²) in [5, 5.41) is 0. The zero-order chi connectivity index (χ0) is 13.3. The fourth-order valence-electron chi connectivity index (χ4n) is 1.81. The molecule has 4 nitrogen and oxygen atoms in total. The molecule has 2 rings (SSSR count). The molecule has 0 aromatic carbocycles. The maximum Gasteiger partial charge on any atom is 0.234 e. The first kappa shape index (κ1) is 13.4. The van der Waals surface area contributed by atoms with Crippen LogP contribution in [0.25, 0.3) is 5.78 Å². The van der Waals surface area contributed by atoms with Crippen molar-refractivity contribution in [2.24, 2.45) is 5.73 Å². The summed E-state index contributed by atoms with van der Waals surface area (Å²) in [6.07, 6.45) is 2.06. The number of aromatic nitrogens is 3. The Kier molecular flexibility index (Phi) is 3.64. The number of rotatable bonds is 4. The molecule has 2 aromatic rings. The van der Waals surface area contributed by atoms with E-state index in [1.54, 1.807) is 0 Å². The average Bonchev–Trinajstić information content (AvgIpc) is 2.58. The fraction of sp³-hybridized carbons (Fsp3) is 0.538. The van der Waals surface area contributed by atoms with E-state index in [1.807, 2.05) is 36.9 Å². The summed E-state index contributed by atoms with van der Waals surface area (Å²) in [5.74, 6) is 2.59. The molecule has 98 valence electrons. The molecule has 0 unspecified atom stereocenters. The van der Waals surface area contributed by atoms with Crippen molar-refractivity contribution in [1.29, 1.82) is 0 Å². The Hall–Kier alpha value is -1.07. The van der Waals surface area contributed by atoms with Gasteiger partial charge in [-0.1, -0.05) is 0 Å². The van der Waals surface area contributed by atoms with Gasteiger partial charge >= 0.3 is 0 Å². The summed E-state index contributed by atoms with van der Waals surface area (Å²) >= 11 is 1.81. The van der Waals surface area contributed by atoms with E-state index in [-0.39, 0.29) is 5.54 Å². The van der Waals surface area contributed by atoms with E-state index in [2.05, 4.69) is 29.2 Å². The molecule has 0 aliphatic heterocycles. The van der Waals surface area contributed by atoms with Crippen molar-refractivity contribution < 1.29 is 0 Å². The third-order valence-corrected chi connectivity index (χ3v) is 3.98. The lowest BCUT2D eigenvalue weighted by Crippen LogP contribution is -2.34. The molecule has 0 saturated heterocycles. The van der Waals surface area contributed by atoms with Crippen LogP contribution < -0.4 is 5.73 Å². The SMILES string of the molecule is Cc1cc(C)n2cc(CSCC(C)(C)N)nc2n1. The lowest BCUT2D eigenvalue weighted by atomic mass is 10.1. The maximum atomic E-state index is 5.96. The molecule has 18 heavy (non-hydrogen) atoms. The van der Waals surface area contributed by atoms with Crippen LogP contribution in [0, 0.1) is 13.8 Å². The third-order valence-electron chi connectivity index (χ3n) is 2.54. The predicted molar refractivity (Wildman–Crippen MR) is 76.9 cm³/mol. The van der Waals surface area contributed by atoms with Crippen LogP contribution in [0.15, 0.2) is 12.3 Å². The minimum absolute atomic E-state index is 0.130. The van der Waals surface area contributed by atoms with Crippen molar-refractivity contribution in [3.8, 4) is 0 Å². The van der Waals surface area contributed by atoms with Crippen LogP contribution in [-0.4, -0.2) is 25.7 Å². The van der Waals surface area contributed by atoms with Gasteiger partial charge in [0.25, 0.3) is 0 Å². The predicted octanol–water partition coefficient (Wildman–Crippen LogP) is 2.32. The van der Waals surface area contributed by atoms with E-state index in [0.717, 1.165) is 28.7 Å². The molecule has 2 heterocycles. The molecule has 0 bridgehead atoms. The summed E-state index contributed by atoms with van der Waals surface area (Å²) in [5.41, 5.74) is 9.06. The lowest BCUT2D eigenvalue weighted by molar-refractivity contribution is 0.591. The molecule has 5 heteroatoms. The minimum Gasteiger partial charge on any atom is -0.325 e. The second-order valence-corrected chi connectivity index (χ2v) is 6.41. The van der Waals surface area contributed by atoms with Gasteiger partial charge in [-0.15, -0.1) is 0 Å². The van der Waals surface area contributed by atoms with Crippen LogP contribution in [0.3, 0.4) is 0 Å². The number of aryl methyl sites for hydroxylation is 2. The number of hydrogen-bond donors (Lipinski definition) is 1. The number of thioether (sulfide) groups is 1. The summed E-state index contributed by atoms with van der Waals surface area (Å²) in [6.45, 7) is 8.15.